The van der Waals surface area contributed by atoms with Gasteiger partial charge >= 0.3 is 0 Å². The van der Waals surface area contributed by atoms with Crippen LogP contribution in [0.5, 0.6) is 0 Å². The molecule has 29 heavy (non-hydrogen) atoms. The Kier molecular flexibility index (Phi) is 5.77. The third-order valence-electron chi connectivity index (χ3n) is 4.45. The normalized spacial score (nSPS) is 13.9. The fraction of sp³-hybridized carbons (Fsp3) is 0.200. The van der Waals surface area contributed by atoms with Crippen LogP contribution in [0.25, 0.3) is 0 Å². The van der Waals surface area contributed by atoms with Crippen molar-refractivity contribution in [1.82, 2.24) is 10.0 Å². The average molecular weight is 395 g/mol. The van der Waals surface area contributed by atoms with Crippen molar-refractivity contribution in [3.8, 4) is 0 Å². The summed E-state index contributed by atoms with van der Waals surface area (Å²) in [6.45, 7) is -0.605. The van der Waals surface area contributed by atoms with Crippen molar-refractivity contribution in [2.24, 2.45) is 0 Å². The molecule has 148 valence electrons. The SMILES string of the molecule is O=C(CN(C(=O)c1ccccc1[N+](=O)[O-])N1C(=O)CCCC1=O)c1ccccc1. The molecular weight excluding hydrogens is 378 g/mol. The summed E-state index contributed by atoms with van der Waals surface area (Å²) in [6, 6.07) is 13.3. The zero-order chi connectivity index (χ0) is 21.0. The van der Waals surface area contributed by atoms with Crippen LogP contribution in [-0.4, -0.2) is 45.0 Å². The number of carbonyl (C=O) groups excluding carboxylic acids is 4. The first-order valence-corrected chi connectivity index (χ1v) is 8.89. The number of para-hydroxylation sites is 1. The first-order valence-electron chi connectivity index (χ1n) is 8.89. The highest BCUT2D eigenvalue weighted by Gasteiger charge is 2.37. The van der Waals surface area contributed by atoms with E-state index in [0.29, 0.717) is 16.4 Å². The second kappa shape index (κ2) is 8.42. The van der Waals surface area contributed by atoms with E-state index < -0.39 is 40.7 Å². The summed E-state index contributed by atoms with van der Waals surface area (Å²) in [5.41, 5.74) is -0.513. The molecular formula is C20H17N3O6. The van der Waals surface area contributed by atoms with Crippen molar-refractivity contribution >= 4 is 29.2 Å². The van der Waals surface area contributed by atoms with Crippen LogP contribution in [0, 0.1) is 10.1 Å². The van der Waals surface area contributed by atoms with Crippen molar-refractivity contribution in [3.63, 3.8) is 0 Å². The van der Waals surface area contributed by atoms with Crippen LogP contribution in [-0.2, 0) is 9.59 Å². The van der Waals surface area contributed by atoms with Gasteiger partial charge in [0.25, 0.3) is 11.6 Å². The van der Waals surface area contributed by atoms with Gasteiger partial charge < -0.3 is 0 Å². The standard InChI is InChI=1S/C20H17N3O6/c24-17(14-7-2-1-3-8-14)13-21(22-18(25)11-6-12-19(22)26)20(27)15-9-4-5-10-16(15)23(28)29/h1-5,7-10H,6,11-13H2. The van der Waals surface area contributed by atoms with Gasteiger partial charge in [-0.2, -0.15) is 5.01 Å². The lowest BCUT2D eigenvalue weighted by atomic mass is 10.1. The summed E-state index contributed by atoms with van der Waals surface area (Å²) in [4.78, 5) is 61.2. The minimum atomic E-state index is -0.967. The highest BCUT2D eigenvalue weighted by atomic mass is 16.6. The number of carbonyl (C=O) groups is 4. The molecule has 0 aliphatic carbocycles. The van der Waals surface area contributed by atoms with E-state index in [4.69, 9.17) is 0 Å². The van der Waals surface area contributed by atoms with Gasteiger partial charge in [-0.25, -0.2) is 5.01 Å². The zero-order valence-electron chi connectivity index (χ0n) is 15.3. The first kappa shape index (κ1) is 19.9. The molecule has 0 N–H and O–H groups in total. The topological polar surface area (TPSA) is 118 Å². The molecule has 3 amide bonds. The van der Waals surface area contributed by atoms with E-state index >= 15 is 0 Å². The number of benzene rings is 2. The van der Waals surface area contributed by atoms with Crippen molar-refractivity contribution in [2.75, 3.05) is 6.54 Å². The molecule has 1 fully saturated rings. The van der Waals surface area contributed by atoms with Crippen molar-refractivity contribution in [3.05, 3.63) is 75.8 Å². The largest absolute Gasteiger partial charge is 0.292 e. The lowest BCUT2D eigenvalue weighted by Gasteiger charge is -2.34. The number of imide groups is 1. The molecule has 0 unspecified atom stereocenters. The highest BCUT2D eigenvalue weighted by molar-refractivity contribution is 6.07. The van der Waals surface area contributed by atoms with Crippen LogP contribution >= 0.6 is 0 Å². The van der Waals surface area contributed by atoms with E-state index in [2.05, 4.69) is 0 Å². The Labute approximate surface area is 165 Å². The number of amides is 3. The van der Waals surface area contributed by atoms with Gasteiger partial charge in [-0.05, 0) is 12.5 Å². The molecule has 0 saturated carbocycles. The van der Waals surface area contributed by atoms with Gasteiger partial charge in [-0.1, -0.05) is 42.5 Å². The van der Waals surface area contributed by atoms with Crippen LogP contribution < -0.4 is 0 Å². The van der Waals surface area contributed by atoms with Crippen LogP contribution in [0.2, 0.25) is 0 Å². The lowest BCUT2D eigenvalue weighted by molar-refractivity contribution is -0.385. The average Bonchev–Trinajstić information content (AvgIpc) is 2.72. The third kappa shape index (κ3) is 4.18. The maximum atomic E-state index is 13.2. The highest BCUT2D eigenvalue weighted by Crippen LogP contribution is 2.23. The first-order chi connectivity index (χ1) is 13.9. The summed E-state index contributed by atoms with van der Waals surface area (Å²) < 4.78 is 0. The number of piperidine rings is 1. The fourth-order valence-electron chi connectivity index (χ4n) is 3.05. The molecule has 3 rings (SSSR count). The van der Waals surface area contributed by atoms with E-state index in [1.54, 1.807) is 18.2 Å². The van der Waals surface area contributed by atoms with Crippen molar-refractivity contribution in [2.45, 2.75) is 19.3 Å². The van der Waals surface area contributed by atoms with E-state index in [1.165, 1.54) is 30.3 Å². The monoisotopic (exact) mass is 395 g/mol. The number of nitro groups is 1. The molecule has 1 aliphatic rings. The molecule has 0 aromatic heterocycles. The molecule has 2 aromatic rings. The molecule has 2 aromatic carbocycles. The van der Waals surface area contributed by atoms with Gasteiger partial charge in [-0.3, -0.25) is 29.3 Å². The van der Waals surface area contributed by atoms with E-state index in [9.17, 15) is 29.3 Å². The molecule has 1 saturated heterocycles. The van der Waals surface area contributed by atoms with Gasteiger partial charge in [0.1, 0.15) is 12.1 Å². The number of hydrogen-bond donors (Lipinski definition) is 0. The zero-order valence-corrected chi connectivity index (χ0v) is 15.3. The van der Waals surface area contributed by atoms with Crippen molar-refractivity contribution in [1.29, 1.82) is 0 Å². The summed E-state index contributed by atoms with van der Waals surface area (Å²) >= 11 is 0. The Hall–Kier alpha value is -3.88. The van der Waals surface area contributed by atoms with Gasteiger partial charge in [0, 0.05) is 24.5 Å². The number of ketones is 1. The van der Waals surface area contributed by atoms with Crippen LogP contribution in [0.4, 0.5) is 5.69 Å². The fourth-order valence-corrected chi connectivity index (χ4v) is 3.05. The molecule has 9 heteroatoms. The molecule has 0 radical (unpaired) electrons. The second-order valence-electron chi connectivity index (χ2n) is 6.38. The Morgan fingerprint density at radius 2 is 1.55 bits per heavy atom. The molecule has 9 nitrogen and oxygen atoms in total. The predicted molar refractivity (Wildman–Crippen MR) is 101 cm³/mol. The maximum Gasteiger partial charge on any atom is 0.282 e. The molecule has 0 atom stereocenters. The number of nitro benzene ring substituents is 1. The number of rotatable bonds is 6. The smallest absolute Gasteiger partial charge is 0.282 e. The van der Waals surface area contributed by atoms with Gasteiger partial charge in [0.2, 0.25) is 11.8 Å². The summed E-state index contributed by atoms with van der Waals surface area (Å²) in [7, 11) is 0. The van der Waals surface area contributed by atoms with E-state index in [1.807, 2.05) is 0 Å². The minimum absolute atomic E-state index is 0.0337. The number of hydrogen-bond acceptors (Lipinski definition) is 6. The summed E-state index contributed by atoms with van der Waals surface area (Å²) in [5, 5.41) is 12.7. The number of Topliss-reactive ketones (excluding diaryl/α,β-unsaturated/α-hetero) is 1. The molecule has 0 bridgehead atoms. The molecule has 1 heterocycles. The second-order valence-corrected chi connectivity index (χ2v) is 6.38. The third-order valence-corrected chi connectivity index (χ3v) is 4.45. The Balaban J connectivity index is 2.02. The van der Waals surface area contributed by atoms with Gasteiger partial charge in [-0.15, -0.1) is 0 Å². The Morgan fingerprint density at radius 1 is 0.966 bits per heavy atom. The van der Waals surface area contributed by atoms with Gasteiger partial charge in [0.15, 0.2) is 5.78 Å². The number of nitrogens with zero attached hydrogens (tertiary/aromatic N) is 3. The van der Waals surface area contributed by atoms with Crippen molar-refractivity contribution < 1.29 is 24.1 Å². The Bertz CT molecular complexity index is 973. The quantitative estimate of drug-likeness (QED) is 0.321. The van der Waals surface area contributed by atoms with Crippen LogP contribution in [0.3, 0.4) is 0 Å². The minimum Gasteiger partial charge on any atom is -0.292 e. The van der Waals surface area contributed by atoms with E-state index in [-0.39, 0.29) is 24.0 Å². The van der Waals surface area contributed by atoms with E-state index in [0.717, 1.165) is 6.07 Å². The van der Waals surface area contributed by atoms with Crippen LogP contribution in [0.15, 0.2) is 54.6 Å². The number of hydrazine groups is 1. The Morgan fingerprint density at radius 3 is 2.17 bits per heavy atom. The predicted octanol–water partition coefficient (Wildman–Crippen LogP) is 2.37. The summed E-state index contributed by atoms with van der Waals surface area (Å²) in [6.07, 6.45) is 0.409. The molecule has 1 aliphatic heterocycles. The maximum absolute atomic E-state index is 13.2. The van der Waals surface area contributed by atoms with Crippen LogP contribution in [0.1, 0.15) is 40.0 Å². The molecule has 0 spiro atoms. The van der Waals surface area contributed by atoms with Gasteiger partial charge in [0.05, 0.1) is 4.92 Å². The summed E-state index contributed by atoms with van der Waals surface area (Å²) in [5.74, 6) is -2.74. The lowest BCUT2D eigenvalue weighted by Crippen LogP contribution is -2.56.